The highest BCUT2D eigenvalue weighted by Gasteiger charge is 2.23. The number of amides is 1. The molecule has 49 heavy (non-hydrogen) atoms. The van der Waals surface area contributed by atoms with E-state index in [0.29, 0.717) is 81.7 Å². The molecule has 1 atom stereocenters. The molecule has 1 fully saturated rings. The van der Waals surface area contributed by atoms with Crippen LogP contribution in [-0.2, 0) is 24.9 Å². The van der Waals surface area contributed by atoms with Gasteiger partial charge in [-0.1, -0.05) is 59.6 Å². The van der Waals surface area contributed by atoms with Crippen molar-refractivity contribution < 1.29 is 18.3 Å². The van der Waals surface area contributed by atoms with Crippen LogP contribution in [-0.4, -0.2) is 58.0 Å². The lowest BCUT2D eigenvalue weighted by Crippen LogP contribution is -2.35. The fourth-order valence-electron chi connectivity index (χ4n) is 5.96. The van der Waals surface area contributed by atoms with Crippen molar-refractivity contribution in [1.82, 2.24) is 35.1 Å². The number of rotatable bonds is 13. The van der Waals surface area contributed by atoms with Crippen molar-refractivity contribution >= 4 is 34.6 Å². The van der Waals surface area contributed by atoms with E-state index in [0.717, 1.165) is 6.42 Å². The van der Waals surface area contributed by atoms with Crippen LogP contribution in [0.4, 0.5) is 8.78 Å². The van der Waals surface area contributed by atoms with Crippen LogP contribution in [0.3, 0.4) is 0 Å². The molecule has 1 amide bonds. The van der Waals surface area contributed by atoms with Gasteiger partial charge in [-0.2, -0.15) is 5.10 Å². The largest absolute Gasteiger partial charge is 0.481 e. The minimum Gasteiger partial charge on any atom is -0.481 e. The number of benzene rings is 2. The Hall–Kier alpha value is -4.36. The molecule has 0 bridgehead atoms. The number of hydrogen-bond acceptors (Lipinski definition) is 7. The number of halogens is 4. The molecule has 0 spiro atoms. The van der Waals surface area contributed by atoms with E-state index in [1.807, 2.05) is 24.3 Å². The summed E-state index contributed by atoms with van der Waals surface area (Å²) in [6, 6.07) is 13.9. The smallest absolute Gasteiger partial charge is 0.277 e. The van der Waals surface area contributed by atoms with Gasteiger partial charge in [-0.25, -0.2) is 13.9 Å². The highest BCUT2D eigenvalue weighted by atomic mass is 35.5. The Balaban J connectivity index is 1.29. The Morgan fingerprint density at radius 1 is 1.02 bits per heavy atom. The molecule has 3 N–H and O–H groups in total. The molecule has 2 aromatic carbocycles. The average molecular weight is 711 g/mol. The van der Waals surface area contributed by atoms with Gasteiger partial charge in [0.15, 0.2) is 0 Å². The van der Waals surface area contributed by atoms with Crippen LogP contribution in [0.2, 0.25) is 10.0 Å². The van der Waals surface area contributed by atoms with Gasteiger partial charge < -0.3 is 20.7 Å². The van der Waals surface area contributed by atoms with Crippen LogP contribution < -0.4 is 26.2 Å². The number of aromatic nitrogens is 4. The lowest BCUT2D eigenvalue weighted by Gasteiger charge is -2.16. The molecule has 14 heteroatoms. The molecule has 10 nitrogen and oxygen atoms in total. The number of fused-ring (bicyclic) bond motifs is 1. The van der Waals surface area contributed by atoms with Gasteiger partial charge in [0.25, 0.3) is 5.56 Å². The Bertz CT molecular complexity index is 2090. The predicted molar refractivity (Wildman–Crippen MR) is 186 cm³/mol. The summed E-state index contributed by atoms with van der Waals surface area (Å²) in [7, 11) is 3.08. The summed E-state index contributed by atoms with van der Waals surface area (Å²) >= 11 is 14.0. The number of nitrogens with one attached hydrogen (secondary N) is 3. The maximum Gasteiger partial charge on any atom is 0.277 e. The Labute approximate surface area is 291 Å². The number of carbonyl (C=O) groups excluding carboxylic acids is 1. The minimum atomic E-state index is -0.509. The van der Waals surface area contributed by atoms with E-state index in [1.54, 1.807) is 31.4 Å². The number of hydrogen-bond donors (Lipinski definition) is 3. The second-order valence-electron chi connectivity index (χ2n) is 11.8. The molecule has 4 heterocycles. The van der Waals surface area contributed by atoms with Gasteiger partial charge in [0.05, 0.1) is 41.6 Å². The molecular weight excluding hydrogens is 675 g/mol. The minimum absolute atomic E-state index is 0.00163. The maximum absolute atomic E-state index is 15.5. The zero-order chi connectivity index (χ0) is 34.7. The third kappa shape index (κ3) is 7.18. The molecule has 1 aliphatic heterocycles. The normalized spacial score (nSPS) is 14.5. The van der Waals surface area contributed by atoms with Gasteiger partial charge in [-0.3, -0.25) is 18.5 Å². The number of ether oxygens (including phenoxy) is 1. The van der Waals surface area contributed by atoms with Crippen molar-refractivity contribution in [1.29, 1.82) is 0 Å². The van der Waals surface area contributed by atoms with Gasteiger partial charge in [0.1, 0.15) is 17.2 Å². The fourth-order valence-corrected chi connectivity index (χ4v) is 6.62. The van der Waals surface area contributed by atoms with E-state index in [1.165, 1.54) is 22.3 Å². The van der Waals surface area contributed by atoms with Gasteiger partial charge in [0, 0.05) is 72.7 Å². The predicted octanol–water partition coefficient (Wildman–Crippen LogP) is 5.70. The average Bonchev–Trinajstić information content (AvgIpc) is 3.72. The Morgan fingerprint density at radius 2 is 1.73 bits per heavy atom. The molecule has 256 valence electrons. The van der Waals surface area contributed by atoms with Crippen LogP contribution in [0.15, 0.2) is 59.5 Å². The van der Waals surface area contributed by atoms with Gasteiger partial charge in [-0.15, -0.1) is 0 Å². The summed E-state index contributed by atoms with van der Waals surface area (Å²) in [5, 5.41) is 14.5. The number of pyridine rings is 1. The summed E-state index contributed by atoms with van der Waals surface area (Å²) in [5.41, 5.74) is 3.77. The zero-order valence-electron chi connectivity index (χ0n) is 27.0. The molecule has 1 saturated heterocycles. The second-order valence-corrected chi connectivity index (χ2v) is 12.6. The summed E-state index contributed by atoms with van der Waals surface area (Å²) in [6.45, 7) is 1.02. The molecule has 1 aliphatic rings. The number of nitrogens with zero attached hydrogens (tertiary/aromatic N) is 4. The zero-order valence-corrected chi connectivity index (χ0v) is 28.5. The summed E-state index contributed by atoms with van der Waals surface area (Å²) in [5.74, 6) is 0.138. The highest BCUT2D eigenvalue weighted by Crippen LogP contribution is 2.42. The topological polar surface area (TPSA) is 115 Å². The molecule has 0 saturated carbocycles. The SMILES string of the molecule is COc1nc(-c2cccc(-c3cccc(-c4cc5c(=O)n(C)c(CNCCCF)nn5c4)c3Cl)c2Cl)cc(F)c1CNC[C@@H]1CCC(=O)N1. The Kier molecular flexibility index (Phi) is 10.6. The van der Waals surface area contributed by atoms with E-state index < -0.39 is 12.5 Å². The molecule has 0 aliphatic carbocycles. The summed E-state index contributed by atoms with van der Waals surface area (Å²) in [6.07, 6.45) is 3.33. The first-order chi connectivity index (χ1) is 23.7. The Morgan fingerprint density at radius 3 is 2.43 bits per heavy atom. The summed E-state index contributed by atoms with van der Waals surface area (Å²) in [4.78, 5) is 29.3. The molecule has 3 aromatic heterocycles. The molecule has 5 aromatic rings. The van der Waals surface area contributed by atoms with E-state index in [9.17, 15) is 14.0 Å². The van der Waals surface area contributed by atoms with Crippen molar-refractivity contribution in [2.75, 3.05) is 26.9 Å². The second kappa shape index (κ2) is 15.0. The number of alkyl halides is 1. The van der Waals surface area contributed by atoms with Gasteiger partial charge in [-0.05, 0) is 25.5 Å². The van der Waals surface area contributed by atoms with Crippen molar-refractivity contribution in [2.24, 2.45) is 7.05 Å². The van der Waals surface area contributed by atoms with Crippen molar-refractivity contribution in [3.63, 3.8) is 0 Å². The number of methoxy groups -OCH3 is 1. The van der Waals surface area contributed by atoms with Crippen LogP contribution in [0.5, 0.6) is 5.88 Å². The van der Waals surface area contributed by atoms with E-state index in [-0.39, 0.29) is 41.2 Å². The highest BCUT2D eigenvalue weighted by molar-refractivity contribution is 6.39. The lowest BCUT2D eigenvalue weighted by atomic mass is 9.97. The maximum atomic E-state index is 15.5. The van der Waals surface area contributed by atoms with E-state index in [2.05, 4.69) is 26.0 Å². The van der Waals surface area contributed by atoms with Crippen molar-refractivity contribution in [3.8, 4) is 39.4 Å². The number of carbonyl (C=O) groups is 1. The van der Waals surface area contributed by atoms with Gasteiger partial charge in [0.2, 0.25) is 11.8 Å². The first-order valence-electron chi connectivity index (χ1n) is 15.9. The first kappa shape index (κ1) is 34.5. The lowest BCUT2D eigenvalue weighted by molar-refractivity contribution is -0.119. The van der Waals surface area contributed by atoms with E-state index in [4.69, 9.17) is 27.9 Å². The van der Waals surface area contributed by atoms with Crippen LogP contribution in [0.1, 0.15) is 30.7 Å². The molecular formula is C35H35Cl2F2N7O3. The third-order valence-corrected chi connectivity index (χ3v) is 9.40. The molecule has 6 rings (SSSR count). The summed E-state index contributed by atoms with van der Waals surface area (Å²) < 4.78 is 36.5. The van der Waals surface area contributed by atoms with Crippen LogP contribution in [0, 0.1) is 5.82 Å². The standard InChI is InChI=1S/C35H35Cl2F2N7O3/c1-45-30(18-40-13-5-12-38)44-46-19-20(14-29(46)35(45)48)22-6-3-7-23(32(22)36)24-8-4-9-25(33(24)37)28-15-27(39)26(34(43-28)49-2)17-41-16-21-10-11-31(47)42-21/h3-4,6-9,14-15,19,21,40-41H,5,10-13,16-18H2,1-2H3,(H,42,47)/t21-/m0/s1. The van der Waals surface area contributed by atoms with Crippen LogP contribution >= 0.6 is 23.2 Å². The van der Waals surface area contributed by atoms with Crippen molar-refractivity contribution in [2.45, 2.75) is 38.4 Å². The first-order valence-corrected chi connectivity index (χ1v) is 16.6. The van der Waals surface area contributed by atoms with E-state index >= 15 is 4.39 Å². The molecule has 0 unspecified atom stereocenters. The quantitative estimate of drug-likeness (QED) is 0.134. The van der Waals surface area contributed by atoms with Crippen molar-refractivity contribution in [3.05, 3.63) is 92.3 Å². The monoisotopic (exact) mass is 709 g/mol. The fraction of sp³-hybridized carbons (Fsp3) is 0.314. The van der Waals surface area contributed by atoms with Crippen LogP contribution in [0.25, 0.3) is 39.0 Å². The van der Waals surface area contributed by atoms with Gasteiger partial charge >= 0.3 is 0 Å². The molecule has 0 radical (unpaired) electrons. The third-order valence-electron chi connectivity index (χ3n) is 8.58.